The molecule has 5 heteroatoms. The minimum Gasteiger partial charge on any atom is -0.314 e. The zero-order valence-electron chi connectivity index (χ0n) is 10.8. The van der Waals surface area contributed by atoms with Gasteiger partial charge in [-0.15, -0.1) is 11.8 Å². The summed E-state index contributed by atoms with van der Waals surface area (Å²) >= 11 is 1.69. The SMILES string of the molecule is CC(N)(C#N)CCCSc1ncnc2ccccc12. The average Bonchev–Trinajstić information content (AvgIpc) is 2.44. The van der Waals surface area contributed by atoms with Crippen molar-refractivity contribution in [2.24, 2.45) is 5.73 Å². The molecule has 19 heavy (non-hydrogen) atoms. The molecular formula is C14H16N4S. The Kier molecular flexibility index (Phi) is 4.35. The van der Waals surface area contributed by atoms with E-state index in [-0.39, 0.29) is 0 Å². The Hall–Kier alpha value is -1.64. The van der Waals surface area contributed by atoms with E-state index in [1.165, 1.54) is 0 Å². The number of aromatic nitrogens is 2. The second kappa shape index (κ2) is 6.00. The molecule has 2 N–H and O–H groups in total. The van der Waals surface area contributed by atoms with Crippen molar-refractivity contribution in [2.75, 3.05) is 5.75 Å². The normalized spacial score (nSPS) is 13.9. The maximum absolute atomic E-state index is 8.85. The molecule has 4 nitrogen and oxygen atoms in total. The number of hydrogen-bond donors (Lipinski definition) is 1. The Morgan fingerprint density at radius 1 is 1.37 bits per heavy atom. The molecule has 0 saturated carbocycles. The van der Waals surface area contributed by atoms with Crippen LogP contribution in [0.5, 0.6) is 0 Å². The monoisotopic (exact) mass is 272 g/mol. The zero-order valence-corrected chi connectivity index (χ0v) is 11.7. The van der Waals surface area contributed by atoms with Gasteiger partial charge in [-0.05, 0) is 31.6 Å². The molecule has 1 unspecified atom stereocenters. The third kappa shape index (κ3) is 3.66. The number of nitrogens with two attached hydrogens (primary N) is 1. The first-order valence-electron chi connectivity index (χ1n) is 6.15. The predicted octanol–water partition coefficient (Wildman–Crippen LogP) is 2.74. The molecule has 0 aliphatic rings. The van der Waals surface area contributed by atoms with E-state index in [2.05, 4.69) is 16.0 Å². The molecule has 0 aliphatic carbocycles. The lowest BCUT2D eigenvalue weighted by Crippen LogP contribution is -2.33. The summed E-state index contributed by atoms with van der Waals surface area (Å²) in [5.41, 5.74) is 6.02. The molecule has 0 spiro atoms. The number of nitrogens with zero attached hydrogens (tertiary/aromatic N) is 3. The van der Waals surface area contributed by atoms with Gasteiger partial charge >= 0.3 is 0 Å². The summed E-state index contributed by atoms with van der Waals surface area (Å²) in [6.07, 6.45) is 3.18. The fourth-order valence-corrected chi connectivity index (χ4v) is 2.69. The molecule has 0 radical (unpaired) electrons. The number of benzene rings is 1. The van der Waals surface area contributed by atoms with E-state index in [0.29, 0.717) is 6.42 Å². The van der Waals surface area contributed by atoms with Crippen molar-refractivity contribution in [3.8, 4) is 6.07 Å². The van der Waals surface area contributed by atoms with Crippen LogP contribution >= 0.6 is 11.8 Å². The van der Waals surface area contributed by atoms with Crippen molar-refractivity contribution in [3.05, 3.63) is 30.6 Å². The lowest BCUT2D eigenvalue weighted by Gasteiger charge is -2.14. The Balaban J connectivity index is 1.98. The topological polar surface area (TPSA) is 75.6 Å². The quantitative estimate of drug-likeness (QED) is 0.514. The summed E-state index contributed by atoms with van der Waals surface area (Å²) in [5, 5.41) is 10.9. The van der Waals surface area contributed by atoms with Gasteiger partial charge in [0.25, 0.3) is 0 Å². The molecule has 2 aromatic rings. The van der Waals surface area contributed by atoms with Gasteiger partial charge in [-0.25, -0.2) is 9.97 Å². The van der Waals surface area contributed by atoms with Crippen LogP contribution in [0.1, 0.15) is 19.8 Å². The molecule has 0 aliphatic heterocycles. The van der Waals surface area contributed by atoms with E-state index in [4.69, 9.17) is 11.0 Å². The van der Waals surface area contributed by atoms with Gasteiger partial charge < -0.3 is 5.73 Å². The number of rotatable bonds is 5. The second-order valence-electron chi connectivity index (χ2n) is 4.68. The highest BCUT2D eigenvalue weighted by molar-refractivity contribution is 7.99. The summed E-state index contributed by atoms with van der Waals surface area (Å²) in [7, 11) is 0. The summed E-state index contributed by atoms with van der Waals surface area (Å²) < 4.78 is 0. The van der Waals surface area contributed by atoms with E-state index in [9.17, 15) is 0 Å². The number of nitriles is 1. The van der Waals surface area contributed by atoms with Gasteiger partial charge in [0.05, 0.1) is 11.6 Å². The third-order valence-corrected chi connectivity index (χ3v) is 3.93. The molecule has 0 bridgehead atoms. The molecular weight excluding hydrogens is 256 g/mol. The minimum atomic E-state index is -0.728. The van der Waals surface area contributed by atoms with Crippen LogP contribution in [0, 0.1) is 11.3 Å². The van der Waals surface area contributed by atoms with Crippen LogP contribution in [-0.2, 0) is 0 Å². The first kappa shape index (κ1) is 13.8. The molecule has 1 atom stereocenters. The maximum atomic E-state index is 8.85. The van der Waals surface area contributed by atoms with Crippen LogP contribution in [0.15, 0.2) is 35.6 Å². The summed E-state index contributed by atoms with van der Waals surface area (Å²) in [6, 6.07) is 10.1. The molecule has 98 valence electrons. The van der Waals surface area contributed by atoms with Gasteiger partial charge in [0, 0.05) is 5.39 Å². The highest BCUT2D eigenvalue weighted by Gasteiger charge is 2.16. The number of hydrogen-bond acceptors (Lipinski definition) is 5. The molecule has 1 aromatic heterocycles. The van der Waals surface area contributed by atoms with Gasteiger partial charge in [-0.2, -0.15) is 5.26 Å². The molecule has 2 rings (SSSR count). The number of fused-ring (bicyclic) bond motifs is 1. The largest absolute Gasteiger partial charge is 0.314 e. The molecule has 0 saturated heterocycles. The van der Waals surface area contributed by atoms with Gasteiger partial charge in [0.15, 0.2) is 0 Å². The van der Waals surface area contributed by atoms with E-state index in [1.54, 1.807) is 25.0 Å². The molecule has 0 fully saturated rings. The van der Waals surface area contributed by atoms with Crippen LogP contribution < -0.4 is 5.73 Å². The third-order valence-electron chi connectivity index (χ3n) is 2.84. The van der Waals surface area contributed by atoms with Gasteiger partial charge in [-0.1, -0.05) is 18.2 Å². The van der Waals surface area contributed by atoms with Crippen molar-refractivity contribution in [1.29, 1.82) is 5.26 Å². The Morgan fingerprint density at radius 2 is 2.16 bits per heavy atom. The fraction of sp³-hybridized carbons (Fsp3) is 0.357. The number of para-hydroxylation sites is 1. The lowest BCUT2D eigenvalue weighted by molar-refractivity contribution is 0.540. The van der Waals surface area contributed by atoms with E-state index in [1.807, 2.05) is 24.3 Å². The van der Waals surface area contributed by atoms with Crippen LogP contribution in [0.2, 0.25) is 0 Å². The summed E-state index contributed by atoms with van der Waals surface area (Å²) in [5.74, 6) is 0.898. The maximum Gasteiger partial charge on any atom is 0.117 e. The van der Waals surface area contributed by atoms with Crippen LogP contribution in [0.25, 0.3) is 10.9 Å². The van der Waals surface area contributed by atoms with Gasteiger partial charge in [0.1, 0.15) is 16.9 Å². The fourth-order valence-electron chi connectivity index (χ4n) is 1.76. The zero-order chi connectivity index (χ0) is 13.7. The lowest BCUT2D eigenvalue weighted by atomic mass is 10.0. The first-order chi connectivity index (χ1) is 9.12. The van der Waals surface area contributed by atoms with Crippen LogP contribution in [0.3, 0.4) is 0 Å². The van der Waals surface area contributed by atoms with E-state index in [0.717, 1.165) is 28.1 Å². The van der Waals surface area contributed by atoms with Crippen LogP contribution in [-0.4, -0.2) is 21.3 Å². The second-order valence-corrected chi connectivity index (χ2v) is 5.76. The van der Waals surface area contributed by atoms with Crippen molar-refractivity contribution in [3.63, 3.8) is 0 Å². The Bertz CT molecular complexity index is 598. The summed E-state index contributed by atoms with van der Waals surface area (Å²) in [6.45, 7) is 1.76. The summed E-state index contributed by atoms with van der Waals surface area (Å²) in [4.78, 5) is 8.55. The van der Waals surface area contributed by atoms with Crippen LogP contribution in [0.4, 0.5) is 0 Å². The minimum absolute atomic E-state index is 0.694. The van der Waals surface area contributed by atoms with Crippen molar-refractivity contribution >= 4 is 22.7 Å². The Morgan fingerprint density at radius 3 is 2.95 bits per heavy atom. The van der Waals surface area contributed by atoms with Crippen molar-refractivity contribution in [2.45, 2.75) is 30.3 Å². The van der Waals surface area contributed by atoms with E-state index < -0.39 is 5.54 Å². The molecule has 1 aromatic carbocycles. The highest BCUT2D eigenvalue weighted by Crippen LogP contribution is 2.25. The van der Waals surface area contributed by atoms with Crippen molar-refractivity contribution in [1.82, 2.24) is 9.97 Å². The Labute approximate surface area is 117 Å². The highest BCUT2D eigenvalue weighted by atomic mass is 32.2. The predicted molar refractivity (Wildman–Crippen MR) is 77.7 cm³/mol. The smallest absolute Gasteiger partial charge is 0.117 e. The van der Waals surface area contributed by atoms with E-state index >= 15 is 0 Å². The first-order valence-corrected chi connectivity index (χ1v) is 7.14. The van der Waals surface area contributed by atoms with Crippen molar-refractivity contribution < 1.29 is 0 Å². The molecule has 0 amide bonds. The van der Waals surface area contributed by atoms with Gasteiger partial charge in [-0.3, -0.25) is 0 Å². The van der Waals surface area contributed by atoms with Gasteiger partial charge in [0.2, 0.25) is 0 Å². The average molecular weight is 272 g/mol. The number of thioether (sulfide) groups is 1. The standard InChI is InChI=1S/C14H16N4S/c1-14(16,9-15)7-4-8-19-13-11-5-2-3-6-12(11)17-10-18-13/h2-3,5-6,10H,4,7-8,16H2,1H3. The molecule has 1 heterocycles.